The smallest absolute Gasteiger partial charge is 0.133 e. The molecule has 0 heterocycles. The second-order valence-corrected chi connectivity index (χ2v) is 3.80. The third-order valence-electron chi connectivity index (χ3n) is 2.85. The predicted molar refractivity (Wildman–Crippen MR) is 54.5 cm³/mol. The first-order valence-electron chi connectivity index (χ1n) is 4.87. The number of benzene rings is 1. The van der Waals surface area contributed by atoms with E-state index in [2.05, 4.69) is 0 Å². The fourth-order valence-corrected chi connectivity index (χ4v) is 1.96. The lowest BCUT2D eigenvalue weighted by molar-refractivity contribution is -0.118. The Kier molecular flexibility index (Phi) is 2.28. The molecule has 2 nitrogen and oxygen atoms in total. The van der Waals surface area contributed by atoms with Crippen LogP contribution in [0, 0.1) is 5.92 Å². The van der Waals surface area contributed by atoms with E-state index in [0.29, 0.717) is 11.7 Å². The van der Waals surface area contributed by atoms with Gasteiger partial charge in [0.05, 0.1) is 7.11 Å². The van der Waals surface area contributed by atoms with Gasteiger partial charge < -0.3 is 4.74 Å². The van der Waals surface area contributed by atoms with Crippen LogP contribution in [0.15, 0.2) is 24.3 Å². The zero-order valence-corrected chi connectivity index (χ0v) is 8.49. The quantitative estimate of drug-likeness (QED) is 0.731. The van der Waals surface area contributed by atoms with Gasteiger partial charge in [-0.15, -0.1) is 0 Å². The SMILES string of the molecule is COc1ccccc1[C@H]1C[C@H]1C(C)=O. The Morgan fingerprint density at radius 2 is 2.14 bits per heavy atom. The Morgan fingerprint density at radius 1 is 1.43 bits per heavy atom. The van der Waals surface area contributed by atoms with Crippen molar-refractivity contribution in [2.75, 3.05) is 7.11 Å². The number of ether oxygens (including phenoxy) is 1. The van der Waals surface area contributed by atoms with Gasteiger partial charge in [0.2, 0.25) is 0 Å². The van der Waals surface area contributed by atoms with Crippen molar-refractivity contribution in [3.63, 3.8) is 0 Å². The number of hydrogen-bond donors (Lipinski definition) is 0. The van der Waals surface area contributed by atoms with E-state index in [1.807, 2.05) is 24.3 Å². The Bertz CT molecular complexity index is 357. The highest BCUT2D eigenvalue weighted by Crippen LogP contribution is 2.50. The molecule has 0 amide bonds. The molecule has 74 valence electrons. The van der Waals surface area contributed by atoms with Crippen LogP contribution >= 0.6 is 0 Å². The Hall–Kier alpha value is -1.31. The van der Waals surface area contributed by atoms with E-state index in [0.717, 1.165) is 12.2 Å². The molecule has 0 unspecified atom stereocenters. The molecule has 1 fully saturated rings. The van der Waals surface area contributed by atoms with Crippen LogP contribution in [-0.4, -0.2) is 12.9 Å². The molecule has 0 aromatic heterocycles. The minimum atomic E-state index is 0.228. The molecule has 0 N–H and O–H groups in total. The highest BCUT2D eigenvalue weighted by atomic mass is 16.5. The summed E-state index contributed by atoms with van der Waals surface area (Å²) in [6.07, 6.45) is 0.982. The third kappa shape index (κ3) is 1.52. The second kappa shape index (κ2) is 3.45. The molecular weight excluding hydrogens is 176 g/mol. The van der Waals surface area contributed by atoms with Crippen LogP contribution in [0.5, 0.6) is 5.75 Å². The van der Waals surface area contributed by atoms with Gasteiger partial charge in [0.1, 0.15) is 11.5 Å². The molecule has 2 heteroatoms. The van der Waals surface area contributed by atoms with E-state index in [9.17, 15) is 4.79 Å². The van der Waals surface area contributed by atoms with Gasteiger partial charge in [0.15, 0.2) is 0 Å². The van der Waals surface area contributed by atoms with Gasteiger partial charge in [-0.3, -0.25) is 4.79 Å². The number of carbonyl (C=O) groups is 1. The van der Waals surface area contributed by atoms with E-state index in [-0.39, 0.29) is 5.92 Å². The van der Waals surface area contributed by atoms with Gasteiger partial charge in [-0.05, 0) is 30.9 Å². The fraction of sp³-hybridized carbons (Fsp3) is 0.417. The molecule has 0 aliphatic heterocycles. The first-order chi connectivity index (χ1) is 6.74. The maximum atomic E-state index is 11.1. The lowest BCUT2D eigenvalue weighted by Crippen LogP contribution is -1.96. The van der Waals surface area contributed by atoms with Gasteiger partial charge >= 0.3 is 0 Å². The highest BCUT2D eigenvalue weighted by Gasteiger charge is 2.42. The molecule has 2 rings (SSSR count). The average Bonchev–Trinajstić information content (AvgIpc) is 2.97. The molecule has 0 saturated heterocycles. The number of methoxy groups -OCH3 is 1. The highest BCUT2D eigenvalue weighted by molar-refractivity contribution is 5.82. The monoisotopic (exact) mass is 190 g/mol. The van der Waals surface area contributed by atoms with Crippen LogP contribution in [0.3, 0.4) is 0 Å². The van der Waals surface area contributed by atoms with Crippen molar-refractivity contribution in [1.29, 1.82) is 0 Å². The van der Waals surface area contributed by atoms with E-state index >= 15 is 0 Å². The van der Waals surface area contributed by atoms with Crippen LogP contribution in [0.2, 0.25) is 0 Å². The lowest BCUT2D eigenvalue weighted by atomic mass is 10.1. The average molecular weight is 190 g/mol. The summed E-state index contributed by atoms with van der Waals surface area (Å²) in [4.78, 5) is 11.1. The van der Waals surface area contributed by atoms with Crippen molar-refractivity contribution in [1.82, 2.24) is 0 Å². The lowest BCUT2D eigenvalue weighted by Gasteiger charge is -2.06. The van der Waals surface area contributed by atoms with E-state index in [1.54, 1.807) is 14.0 Å². The maximum Gasteiger partial charge on any atom is 0.133 e. The van der Waals surface area contributed by atoms with E-state index in [1.165, 1.54) is 5.56 Å². The van der Waals surface area contributed by atoms with Crippen molar-refractivity contribution in [3.05, 3.63) is 29.8 Å². The van der Waals surface area contributed by atoms with Crippen molar-refractivity contribution in [3.8, 4) is 5.75 Å². The fourth-order valence-electron chi connectivity index (χ4n) is 1.96. The molecule has 1 saturated carbocycles. The summed E-state index contributed by atoms with van der Waals surface area (Å²) in [6.45, 7) is 1.67. The number of rotatable bonds is 3. The Balaban J connectivity index is 2.22. The molecule has 1 aromatic carbocycles. The zero-order valence-electron chi connectivity index (χ0n) is 8.49. The summed E-state index contributed by atoms with van der Waals surface area (Å²) in [7, 11) is 1.67. The predicted octanol–water partition coefficient (Wildman–Crippen LogP) is 2.39. The van der Waals surface area contributed by atoms with Crippen molar-refractivity contribution >= 4 is 5.78 Å². The third-order valence-corrected chi connectivity index (χ3v) is 2.85. The topological polar surface area (TPSA) is 26.3 Å². The summed E-state index contributed by atoms with van der Waals surface area (Å²) in [5, 5.41) is 0. The molecule has 1 aliphatic rings. The molecule has 14 heavy (non-hydrogen) atoms. The molecular formula is C12H14O2. The zero-order chi connectivity index (χ0) is 10.1. The summed E-state index contributed by atoms with van der Waals surface area (Å²) >= 11 is 0. The van der Waals surface area contributed by atoms with Gasteiger partial charge in [0, 0.05) is 5.92 Å². The van der Waals surface area contributed by atoms with Crippen LogP contribution in [0.4, 0.5) is 0 Å². The first-order valence-corrected chi connectivity index (χ1v) is 4.87. The van der Waals surface area contributed by atoms with Crippen LogP contribution < -0.4 is 4.74 Å². The van der Waals surface area contributed by atoms with Gasteiger partial charge in [-0.2, -0.15) is 0 Å². The second-order valence-electron chi connectivity index (χ2n) is 3.80. The maximum absolute atomic E-state index is 11.1. The van der Waals surface area contributed by atoms with Crippen molar-refractivity contribution < 1.29 is 9.53 Å². The minimum Gasteiger partial charge on any atom is -0.496 e. The van der Waals surface area contributed by atoms with Gasteiger partial charge in [-0.25, -0.2) is 0 Å². The van der Waals surface area contributed by atoms with Crippen LogP contribution in [0.25, 0.3) is 0 Å². The summed E-state index contributed by atoms with van der Waals surface area (Å²) in [5.74, 6) is 1.82. The number of Topliss-reactive ketones (excluding diaryl/α,β-unsaturated/α-hetero) is 1. The van der Waals surface area contributed by atoms with Crippen molar-refractivity contribution in [2.24, 2.45) is 5.92 Å². The number of para-hydroxylation sites is 1. The number of ketones is 1. The van der Waals surface area contributed by atoms with Gasteiger partial charge in [0.25, 0.3) is 0 Å². The first kappa shape index (κ1) is 9.25. The number of hydrogen-bond acceptors (Lipinski definition) is 2. The standard InChI is InChI=1S/C12H14O2/c1-8(13)10-7-11(10)9-5-3-4-6-12(9)14-2/h3-6,10-11H,7H2,1-2H3/t10-,11+/m0/s1. The summed E-state index contributed by atoms with van der Waals surface area (Å²) < 4.78 is 5.26. The van der Waals surface area contributed by atoms with Crippen molar-refractivity contribution in [2.45, 2.75) is 19.3 Å². The van der Waals surface area contributed by atoms with Crippen LogP contribution in [-0.2, 0) is 4.79 Å². The molecule has 1 aliphatic carbocycles. The molecule has 0 spiro atoms. The molecule has 0 bridgehead atoms. The normalized spacial score (nSPS) is 24.4. The largest absolute Gasteiger partial charge is 0.496 e. The van der Waals surface area contributed by atoms with E-state index in [4.69, 9.17) is 4.74 Å². The minimum absolute atomic E-state index is 0.228. The van der Waals surface area contributed by atoms with Crippen LogP contribution in [0.1, 0.15) is 24.8 Å². The van der Waals surface area contributed by atoms with E-state index < -0.39 is 0 Å². The molecule has 0 radical (unpaired) electrons. The Labute approximate surface area is 83.9 Å². The summed E-state index contributed by atoms with van der Waals surface area (Å²) in [5.41, 5.74) is 1.18. The molecule has 2 atom stereocenters. The molecule has 1 aromatic rings. The summed E-state index contributed by atoms with van der Waals surface area (Å²) in [6, 6.07) is 7.94. The number of carbonyl (C=O) groups excluding carboxylic acids is 1. The Morgan fingerprint density at radius 3 is 2.71 bits per heavy atom. The van der Waals surface area contributed by atoms with Gasteiger partial charge in [-0.1, -0.05) is 18.2 Å².